The van der Waals surface area contributed by atoms with E-state index < -0.39 is 23.9 Å². The van der Waals surface area contributed by atoms with Gasteiger partial charge in [-0.05, 0) is 99.1 Å². The summed E-state index contributed by atoms with van der Waals surface area (Å²) < 4.78 is 31.8. The number of hydrogen-bond donors (Lipinski definition) is 1. The Morgan fingerprint density at radius 2 is 1.78 bits per heavy atom. The van der Waals surface area contributed by atoms with Gasteiger partial charge in [-0.15, -0.1) is 0 Å². The maximum Gasteiger partial charge on any atom is 0.133 e. The number of ketones is 1. The lowest BCUT2D eigenvalue weighted by Crippen LogP contribution is -2.54. The smallest absolute Gasteiger partial charge is 0.133 e. The predicted octanol–water partition coefficient (Wildman–Crippen LogP) is 4.60. The molecule has 0 heterocycles. The molecule has 0 radical (unpaired) electrons. The van der Waals surface area contributed by atoms with Crippen LogP contribution in [-0.4, -0.2) is 17.0 Å². The lowest BCUT2D eigenvalue weighted by molar-refractivity contribution is -0.138. The summed E-state index contributed by atoms with van der Waals surface area (Å²) in [5.74, 6) is -0.347. The molecule has 0 aliphatic heterocycles. The molecule has 0 saturated heterocycles. The van der Waals surface area contributed by atoms with Crippen molar-refractivity contribution in [3.05, 3.63) is 0 Å². The Morgan fingerprint density at radius 1 is 1.04 bits per heavy atom. The van der Waals surface area contributed by atoms with Crippen molar-refractivity contribution in [2.45, 2.75) is 84.6 Å². The van der Waals surface area contributed by atoms with Crippen molar-refractivity contribution in [3.63, 3.8) is 0 Å². The molecule has 0 aromatic rings. The van der Waals surface area contributed by atoms with Crippen molar-refractivity contribution in [2.24, 2.45) is 40.4 Å². The fraction of sp³-hybridized carbons (Fsp3) is 0.952. The Kier molecular flexibility index (Phi) is 2.79. The second-order valence-corrected chi connectivity index (χ2v) is 9.39. The van der Waals surface area contributed by atoms with E-state index in [1.807, 2.05) is 6.92 Å². The van der Waals surface area contributed by atoms with Crippen molar-refractivity contribution in [1.82, 2.24) is 0 Å². The zero-order chi connectivity index (χ0) is 19.8. The molecule has 0 bridgehead atoms. The molecule has 4 aliphatic carbocycles. The van der Waals surface area contributed by atoms with Gasteiger partial charge < -0.3 is 5.11 Å². The summed E-state index contributed by atoms with van der Waals surface area (Å²) >= 11 is 0. The summed E-state index contributed by atoms with van der Waals surface area (Å²) in [5.41, 5.74) is -0.262. The molecule has 1 N–H and O–H groups in total. The number of fused-ring (bicyclic) bond motifs is 5. The van der Waals surface area contributed by atoms with Gasteiger partial charge in [-0.1, -0.05) is 13.8 Å². The van der Waals surface area contributed by atoms with E-state index in [1.54, 1.807) is 0 Å². The van der Waals surface area contributed by atoms with E-state index in [0.717, 1.165) is 51.4 Å². The van der Waals surface area contributed by atoms with E-state index in [9.17, 15) is 9.90 Å². The topological polar surface area (TPSA) is 37.3 Å². The summed E-state index contributed by atoms with van der Waals surface area (Å²) in [6.45, 7) is 1.77. The number of aliphatic hydroxyl groups excluding tert-OH is 1. The van der Waals surface area contributed by atoms with Gasteiger partial charge in [0.2, 0.25) is 0 Å². The monoisotopic (exact) mass is 322 g/mol. The van der Waals surface area contributed by atoms with Crippen LogP contribution in [0.15, 0.2) is 0 Å². The van der Waals surface area contributed by atoms with Gasteiger partial charge in [0.15, 0.2) is 0 Å². The highest BCUT2D eigenvalue weighted by molar-refractivity contribution is 5.79. The summed E-state index contributed by atoms with van der Waals surface area (Å²) in [6, 6.07) is 0. The maximum atomic E-state index is 12.8. The molecule has 2 heteroatoms. The van der Waals surface area contributed by atoms with Crippen LogP contribution in [0.1, 0.15) is 84.0 Å². The molecular weight excluding hydrogens is 284 g/mol. The minimum Gasteiger partial charge on any atom is -0.393 e. The van der Waals surface area contributed by atoms with Crippen LogP contribution in [0.4, 0.5) is 0 Å². The highest BCUT2D eigenvalue weighted by Crippen LogP contribution is 2.67. The van der Waals surface area contributed by atoms with Crippen molar-refractivity contribution < 1.29 is 15.4 Å². The molecule has 130 valence electrons. The first-order valence-corrected chi connectivity index (χ1v) is 9.66. The van der Waals surface area contributed by atoms with Gasteiger partial charge in [0.25, 0.3) is 0 Å². The Morgan fingerprint density at radius 3 is 2.57 bits per heavy atom. The van der Waals surface area contributed by atoms with E-state index in [1.165, 1.54) is 0 Å². The van der Waals surface area contributed by atoms with Crippen LogP contribution >= 0.6 is 0 Å². The molecule has 2 nitrogen and oxygen atoms in total. The molecule has 8 atom stereocenters. The van der Waals surface area contributed by atoms with Gasteiger partial charge in [0.1, 0.15) is 5.78 Å². The van der Waals surface area contributed by atoms with E-state index in [-0.39, 0.29) is 17.4 Å². The number of Topliss-reactive ketones (excluding diaryl/α,β-unsaturated/α-hetero) is 1. The molecule has 4 aliphatic rings. The molecule has 4 rings (SSSR count). The standard InChI is InChI=1S/C21H34O2/c1-13(22)17-6-7-18-16-5-4-14-12-15(23)8-10-20(14,2)19(16)9-11-21(17,18)3/h14-19,23H,4-12H2,1-3H3/t14-,15+,16-,17-,18-,19-,20-,21+/m0/s1/i1D3,17D. The lowest BCUT2D eigenvalue weighted by atomic mass is 9.44. The number of hydrogen-bond acceptors (Lipinski definition) is 2. The zero-order valence-electron chi connectivity index (χ0n) is 18.6. The van der Waals surface area contributed by atoms with Gasteiger partial charge in [-0.25, -0.2) is 0 Å². The highest BCUT2D eigenvalue weighted by Gasteiger charge is 2.60. The minimum absolute atomic E-state index is 0.155. The molecule has 23 heavy (non-hydrogen) atoms. The Balaban J connectivity index is 1.64. The van der Waals surface area contributed by atoms with Crippen molar-refractivity contribution in [3.8, 4) is 0 Å². The normalized spacial score (nSPS) is 62.0. The van der Waals surface area contributed by atoms with Gasteiger partial charge in [0.05, 0.1) is 6.10 Å². The molecule has 0 aromatic carbocycles. The average molecular weight is 323 g/mol. The molecule has 0 aromatic heterocycles. The first kappa shape index (κ1) is 12.1. The molecule has 0 spiro atoms. The summed E-state index contributed by atoms with van der Waals surface area (Å²) in [6.07, 6.45) is 7.95. The molecule has 4 saturated carbocycles. The minimum atomic E-state index is -2.68. The van der Waals surface area contributed by atoms with Gasteiger partial charge in [-0.2, -0.15) is 0 Å². The number of carbonyl (C=O) groups is 1. The average Bonchev–Trinajstić information content (AvgIpc) is 2.86. The van der Waals surface area contributed by atoms with Crippen molar-refractivity contribution >= 4 is 5.78 Å². The first-order valence-electron chi connectivity index (χ1n) is 11.7. The SMILES string of the molecule is [2H]C([2H])([2H])C(=O)[C@]1([2H])CC[C@H]2[C@@H]3CC[C@H]4C[C@H](O)CC[C@]4(C)[C@H]3CC[C@@]21C. The third kappa shape index (κ3) is 2.19. The Hall–Kier alpha value is -0.370. The first-order chi connectivity index (χ1) is 12.4. The Labute approximate surface area is 147 Å². The van der Waals surface area contributed by atoms with Crippen LogP contribution in [0.25, 0.3) is 0 Å². The number of rotatable bonds is 1. The van der Waals surface area contributed by atoms with Gasteiger partial charge >= 0.3 is 0 Å². The van der Waals surface area contributed by atoms with Crippen LogP contribution < -0.4 is 0 Å². The van der Waals surface area contributed by atoms with Crippen LogP contribution in [-0.2, 0) is 4.79 Å². The third-order valence-corrected chi connectivity index (χ3v) is 8.70. The third-order valence-electron chi connectivity index (χ3n) is 8.70. The largest absolute Gasteiger partial charge is 0.393 e. The molecule has 0 amide bonds. The second-order valence-electron chi connectivity index (χ2n) is 9.39. The van der Waals surface area contributed by atoms with Crippen LogP contribution in [0, 0.1) is 40.4 Å². The summed E-state index contributed by atoms with van der Waals surface area (Å²) in [5, 5.41) is 10.1. The molecule has 4 fully saturated rings. The maximum absolute atomic E-state index is 12.8. The fourth-order valence-corrected chi connectivity index (χ4v) is 7.42. The van der Waals surface area contributed by atoms with E-state index in [2.05, 4.69) is 6.92 Å². The molecular formula is C21H34O2. The van der Waals surface area contributed by atoms with E-state index >= 15 is 0 Å². The number of aliphatic hydroxyl groups is 1. The number of carbonyl (C=O) groups excluding carboxylic acids is 1. The lowest BCUT2D eigenvalue weighted by Gasteiger charge is -2.60. The highest BCUT2D eigenvalue weighted by atomic mass is 16.3. The van der Waals surface area contributed by atoms with Gasteiger partial charge in [0, 0.05) is 11.4 Å². The zero-order valence-corrected chi connectivity index (χ0v) is 14.6. The fourth-order valence-electron chi connectivity index (χ4n) is 7.42. The second kappa shape index (κ2) is 5.31. The predicted molar refractivity (Wildman–Crippen MR) is 91.9 cm³/mol. The van der Waals surface area contributed by atoms with Crippen LogP contribution in [0.5, 0.6) is 0 Å². The van der Waals surface area contributed by atoms with Gasteiger partial charge in [-0.3, -0.25) is 4.79 Å². The van der Waals surface area contributed by atoms with E-state index in [4.69, 9.17) is 5.48 Å². The summed E-state index contributed by atoms with van der Waals surface area (Å²) in [4.78, 5) is 12.8. The van der Waals surface area contributed by atoms with Crippen LogP contribution in [0.3, 0.4) is 0 Å². The van der Waals surface area contributed by atoms with E-state index in [0.29, 0.717) is 24.2 Å². The Bertz CT molecular complexity index is 634. The molecule has 0 unspecified atom stereocenters. The van der Waals surface area contributed by atoms with Crippen molar-refractivity contribution in [2.75, 3.05) is 0 Å². The van der Waals surface area contributed by atoms with Crippen molar-refractivity contribution in [1.29, 1.82) is 0 Å². The van der Waals surface area contributed by atoms with Crippen LogP contribution in [0.2, 0.25) is 0 Å². The quantitative estimate of drug-likeness (QED) is 0.766. The summed E-state index contributed by atoms with van der Waals surface area (Å²) in [7, 11) is 0.